The molecule has 0 unspecified atom stereocenters. The molecule has 0 radical (unpaired) electrons. The summed E-state index contributed by atoms with van der Waals surface area (Å²) < 4.78 is 6.95. The van der Waals surface area contributed by atoms with Crippen molar-refractivity contribution in [1.29, 1.82) is 0 Å². The van der Waals surface area contributed by atoms with Gasteiger partial charge in [0.1, 0.15) is 0 Å². The fourth-order valence-electron chi connectivity index (χ4n) is 4.29. The van der Waals surface area contributed by atoms with Gasteiger partial charge in [0, 0.05) is 40.5 Å². The average molecular weight is 470 g/mol. The summed E-state index contributed by atoms with van der Waals surface area (Å²) in [6, 6.07) is 4.13. The molecule has 4 heterocycles. The first kappa shape index (κ1) is 23.2. The number of amides is 2. The van der Waals surface area contributed by atoms with Gasteiger partial charge in [0.15, 0.2) is 5.65 Å². The molecule has 1 aliphatic rings. The van der Waals surface area contributed by atoms with Gasteiger partial charge in [-0.15, -0.1) is 11.3 Å². The van der Waals surface area contributed by atoms with Crippen molar-refractivity contribution < 1.29 is 14.3 Å². The molecule has 0 aromatic carbocycles. The molecule has 0 aliphatic carbocycles. The monoisotopic (exact) mass is 469 g/mol. The van der Waals surface area contributed by atoms with E-state index in [0.717, 1.165) is 16.6 Å². The van der Waals surface area contributed by atoms with Crippen LogP contribution in [0, 0.1) is 13.8 Å². The summed E-state index contributed by atoms with van der Waals surface area (Å²) in [5.74, 6) is -0.133. The summed E-state index contributed by atoms with van der Waals surface area (Å²) in [4.78, 5) is 34.4. The van der Waals surface area contributed by atoms with Gasteiger partial charge >= 0.3 is 6.09 Å². The largest absolute Gasteiger partial charge is 0.450 e. The first-order valence-electron chi connectivity index (χ1n) is 11.5. The van der Waals surface area contributed by atoms with E-state index in [1.165, 1.54) is 9.75 Å². The van der Waals surface area contributed by atoms with Crippen LogP contribution in [-0.2, 0) is 4.74 Å². The van der Waals surface area contributed by atoms with Gasteiger partial charge in [-0.1, -0.05) is 0 Å². The van der Waals surface area contributed by atoms with Crippen molar-refractivity contribution in [3.8, 4) is 11.3 Å². The van der Waals surface area contributed by atoms with E-state index < -0.39 is 0 Å². The molecule has 0 spiro atoms. The zero-order chi connectivity index (χ0) is 23.7. The quantitative estimate of drug-likeness (QED) is 0.585. The highest BCUT2D eigenvalue weighted by Gasteiger charge is 2.26. The minimum atomic E-state index is -0.287. The Morgan fingerprint density at radius 1 is 1.24 bits per heavy atom. The average Bonchev–Trinajstić information content (AvgIpc) is 3.36. The predicted molar refractivity (Wildman–Crippen MR) is 130 cm³/mol. The zero-order valence-electron chi connectivity index (χ0n) is 19.8. The molecule has 1 saturated heterocycles. The molecule has 9 heteroatoms. The van der Waals surface area contributed by atoms with Crippen LogP contribution in [-0.4, -0.2) is 57.4 Å². The maximum absolute atomic E-state index is 13.4. The molecule has 0 bridgehead atoms. The molecule has 0 atom stereocenters. The molecule has 1 aliphatic heterocycles. The lowest BCUT2D eigenvalue weighted by Gasteiger charge is -2.31. The Bertz CT molecular complexity index is 1170. The molecule has 3 aromatic heterocycles. The van der Waals surface area contributed by atoms with Gasteiger partial charge in [0.2, 0.25) is 0 Å². The van der Waals surface area contributed by atoms with Crippen molar-refractivity contribution in [2.45, 2.75) is 59.5 Å². The second-order valence-electron chi connectivity index (χ2n) is 8.74. The van der Waals surface area contributed by atoms with Crippen molar-refractivity contribution >= 4 is 34.4 Å². The topological polar surface area (TPSA) is 89.3 Å². The molecule has 8 nitrogen and oxygen atoms in total. The third-order valence-electron chi connectivity index (χ3n) is 5.97. The summed E-state index contributed by atoms with van der Waals surface area (Å²) in [7, 11) is 0. The highest BCUT2D eigenvalue weighted by atomic mass is 32.1. The maximum Gasteiger partial charge on any atom is 0.409 e. The van der Waals surface area contributed by atoms with E-state index in [1.54, 1.807) is 29.4 Å². The van der Waals surface area contributed by atoms with Gasteiger partial charge in [-0.2, -0.15) is 5.10 Å². The SMILES string of the molecule is CCOC(=O)N1CCC(NC(=O)c2cc(-c3cc(C)sc3C)nc3c2cnn3C(C)C)CC1. The highest BCUT2D eigenvalue weighted by Crippen LogP contribution is 2.32. The third-order valence-corrected chi connectivity index (χ3v) is 6.94. The molecule has 4 rings (SSSR count). The number of aromatic nitrogens is 3. The normalized spacial score (nSPS) is 14.8. The highest BCUT2D eigenvalue weighted by molar-refractivity contribution is 7.12. The van der Waals surface area contributed by atoms with Crippen LogP contribution >= 0.6 is 11.3 Å². The number of nitrogens with zero attached hydrogens (tertiary/aromatic N) is 4. The zero-order valence-corrected chi connectivity index (χ0v) is 20.7. The van der Waals surface area contributed by atoms with Gasteiger partial charge in [0.05, 0.1) is 29.4 Å². The number of thiophene rings is 1. The van der Waals surface area contributed by atoms with Crippen molar-refractivity contribution in [2.75, 3.05) is 19.7 Å². The number of pyridine rings is 1. The fraction of sp³-hybridized carbons (Fsp3) is 0.500. The summed E-state index contributed by atoms with van der Waals surface area (Å²) >= 11 is 1.73. The predicted octanol–water partition coefficient (Wildman–Crippen LogP) is 4.71. The molecule has 1 N–H and O–H groups in total. The number of carbonyl (C=O) groups is 2. The van der Waals surface area contributed by atoms with Gasteiger partial charge in [-0.05, 0) is 59.6 Å². The van der Waals surface area contributed by atoms with Crippen molar-refractivity contribution in [3.05, 3.63) is 33.6 Å². The smallest absolute Gasteiger partial charge is 0.409 e. The standard InChI is InChI=1S/C24H31N5O3S/c1-6-32-24(31)28-9-7-17(8-10-28)26-23(30)19-12-21(18-11-15(4)33-16(18)5)27-22-20(19)13-25-29(22)14(2)3/h11-14,17H,6-10H2,1-5H3,(H,26,30). The van der Waals surface area contributed by atoms with E-state index in [0.29, 0.717) is 43.7 Å². The van der Waals surface area contributed by atoms with E-state index in [2.05, 4.69) is 44.2 Å². The lowest BCUT2D eigenvalue weighted by molar-refractivity contribution is 0.0861. The fourth-order valence-corrected chi connectivity index (χ4v) is 5.22. The third kappa shape index (κ3) is 4.73. The Morgan fingerprint density at radius 3 is 2.58 bits per heavy atom. The van der Waals surface area contributed by atoms with E-state index >= 15 is 0 Å². The van der Waals surface area contributed by atoms with Crippen LogP contribution in [0.3, 0.4) is 0 Å². The van der Waals surface area contributed by atoms with Crippen LogP contribution in [0.15, 0.2) is 18.3 Å². The summed E-state index contributed by atoms with van der Waals surface area (Å²) in [6.07, 6.45) is 2.83. The Labute approximate surface area is 197 Å². The second kappa shape index (κ2) is 9.51. The number of hydrogen-bond acceptors (Lipinski definition) is 6. The molecular weight excluding hydrogens is 438 g/mol. The van der Waals surface area contributed by atoms with Crippen LogP contribution in [0.5, 0.6) is 0 Å². The van der Waals surface area contributed by atoms with Crippen LogP contribution in [0.4, 0.5) is 4.79 Å². The lowest BCUT2D eigenvalue weighted by Crippen LogP contribution is -2.46. The number of hydrogen-bond donors (Lipinski definition) is 1. The number of carbonyl (C=O) groups excluding carboxylic acids is 2. The first-order chi connectivity index (χ1) is 15.8. The molecule has 33 heavy (non-hydrogen) atoms. The van der Waals surface area contributed by atoms with Crippen molar-refractivity contribution in [3.63, 3.8) is 0 Å². The number of nitrogens with one attached hydrogen (secondary N) is 1. The van der Waals surface area contributed by atoms with E-state index in [1.807, 2.05) is 10.7 Å². The van der Waals surface area contributed by atoms with Crippen molar-refractivity contribution in [1.82, 2.24) is 25.0 Å². The molecule has 3 aromatic rings. The number of rotatable bonds is 5. The molecular formula is C24H31N5O3S. The first-order valence-corrected chi connectivity index (χ1v) is 12.3. The van der Waals surface area contributed by atoms with Gasteiger partial charge in [-0.3, -0.25) is 4.79 Å². The minimum absolute atomic E-state index is 0.000105. The molecule has 1 fully saturated rings. The number of fused-ring (bicyclic) bond motifs is 1. The van der Waals surface area contributed by atoms with Crippen LogP contribution in [0.1, 0.15) is 59.8 Å². The Hall–Kier alpha value is -2.94. The lowest BCUT2D eigenvalue weighted by atomic mass is 10.0. The summed E-state index contributed by atoms with van der Waals surface area (Å²) in [5.41, 5.74) is 3.13. The Morgan fingerprint density at radius 2 is 1.97 bits per heavy atom. The van der Waals surface area contributed by atoms with Crippen molar-refractivity contribution in [2.24, 2.45) is 0 Å². The second-order valence-corrected chi connectivity index (χ2v) is 10.2. The van der Waals surface area contributed by atoms with E-state index in [-0.39, 0.29) is 24.1 Å². The van der Waals surface area contributed by atoms with Crippen LogP contribution in [0.2, 0.25) is 0 Å². The Kier molecular flexibility index (Phi) is 6.69. The van der Waals surface area contributed by atoms with E-state index in [4.69, 9.17) is 9.72 Å². The number of piperidine rings is 1. The number of aryl methyl sites for hydroxylation is 2. The van der Waals surface area contributed by atoms with Crippen LogP contribution < -0.4 is 5.32 Å². The van der Waals surface area contributed by atoms with E-state index in [9.17, 15) is 9.59 Å². The van der Waals surface area contributed by atoms with Crippen LogP contribution in [0.25, 0.3) is 22.3 Å². The minimum Gasteiger partial charge on any atom is -0.450 e. The molecule has 2 amide bonds. The summed E-state index contributed by atoms with van der Waals surface area (Å²) in [6.45, 7) is 11.6. The number of ether oxygens (including phenoxy) is 1. The Balaban J connectivity index is 1.62. The molecule has 176 valence electrons. The molecule has 0 saturated carbocycles. The summed E-state index contributed by atoms with van der Waals surface area (Å²) in [5, 5.41) is 8.44. The van der Waals surface area contributed by atoms with Gasteiger partial charge < -0.3 is 15.0 Å². The number of likely N-dealkylation sites (tertiary alicyclic amines) is 1. The maximum atomic E-state index is 13.4. The van der Waals surface area contributed by atoms with Gasteiger partial charge in [0.25, 0.3) is 5.91 Å². The van der Waals surface area contributed by atoms with Gasteiger partial charge in [-0.25, -0.2) is 14.5 Å².